The molecule has 118 valence electrons. The van der Waals surface area contributed by atoms with Crippen molar-refractivity contribution in [3.05, 3.63) is 40.2 Å². The number of rotatable bonds is 1. The predicted octanol–water partition coefficient (Wildman–Crippen LogP) is -1.20. The number of carbonyl (C=O) groups excluding carboxylic acids is 3. The molecule has 0 aliphatic carbocycles. The van der Waals surface area contributed by atoms with E-state index in [4.69, 9.17) is 0 Å². The largest absolute Gasteiger partial charge is 0.507 e. The molecular formula is C14H11N3O6. The number of hydrogen-bond donors (Lipinski definition) is 4. The van der Waals surface area contributed by atoms with Crippen LogP contribution in [0.2, 0.25) is 0 Å². The molecule has 1 aromatic carbocycles. The number of hydrogen-bond acceptors (Lipinski definition) is 6. The Bertz CT molecular complexity index is 925. The first-order valence-corrected chi connectivity index (χ1v) is 6.49. The van der Waals surface area contributed by atoms with Gasteiger partial charge >= 0.3 is 6.03 Å². The quantitative estimate of drug-likeness (QED) is 0.487. The molecule has 9 heteroatoms. The molecule has 3 rings (SSSR count). The molecule has 1 fully saturated rings. The summed E-state index contributed by atoms with van der Waals surface area (Å²) in [4.78, 5) is 47.6. The van der Waals surface area contributed by atoms with Gasteiger partial charge in [-0.05, 0) is 12.1 Å². The second-order valence-corrected chi connectivity index (χ2v) is 5.05. The molecule has 0 saturated carbocycles. The molecule has 2 heterocycles. The maximum Gasteiger partial charge on any atom is 0.328 e. The fraction of sp³-hybridized carbons (Fsp3) is 0.143. The minimum absolute atomic E-state index is 0.163. The molecule has 4 N–H and O–H groups in total. The van der Waals surface area contributed by atoms with Gasteiger partial charge in [-0.2, -0.15) is 0 Å². The second-order valence-electron chi connectivity index (χ2n) is 5.05. The van der Waals surface area contributed by atoms with E-state index in [1.165, 1.54) is 13.1 Å². The van der Waals surface area contributed by atoms with Crippen molar-refractivity contribution in [2.45, 2.75) is 5.60 Å². The molecule has 2 aromatic rings. The van der Waals surface area contributed by atoms with Crippen LogP contribution in [0, 0.1) is 0 Å². The minimum Gasteiger partial charge on any atom is -0.507 e. The van der Waals surface area contributed by atoms with Crippen LogP contribution >= 0.6 is 0 Å². The highest BCUT2D eigenvalue weighted by Crippen LogP contribution is 2.33. The molecular weight excluding hydrogens is 306 g/mol. The van der Waals surface area contributed by atoms with Gasteiger partial charge in [0.1, 0.15) is 11.3 Å². The maximum absolute atomic E-state index is 12.5. The van der Waals surface area contributed by atoms with E-state index in [2.05, 4.69) is 0 Å². The Hall–Kier alpha value is -3.20. The van der Waals surface area contributed by atoms with Crippen molar-refractivity contribution >= 4 is 28.7 Å². The Balaban J connectivity index is 2.41. The average Bonchev–Trinajstić information content (AvgIpc) is 2.51. The normalized spacial score (nSPS) is 17.0. The number of benzene rings is 1. The number of aromatic nitrogens is 1. The zero-order valence-electron chi connectivity index (χ0n) is 11.8. The van der Waals surface area contributed by atoms with Gasteiger partial charge in [0.05, 0.1) is 5.52 Å². The highest BCUT2D eigenvalue weighted by atomic mass is 16.3. The first-order valence-electron chi connectivity index (χ1n) is 6.49. The molecule has 1 saturated heterocycles. The molecule has 0 atom stereocenters. The number of para-hydroxylation sites is 1. The summed E-state index contributed by atoms with van der Waals surface area (Å²) in [5.74, 6) is -3.52. The second kappa shape index (κ2) is 4.65. The monoisotopic (exact) mass is 317 g/mol. The van der Waals surface area contributed by atoms with E-state index in [0.29, 0.717) is 5.52 Å². The van der Waals surface area contributed by atoms with Crippen LogP contribution in [-0.4, -0.2) is 32.6 Å². The summed E-state index contributed by atoms with van der Waals surface area (Å²) in [6, 6.07) is 5.09. The molecule has 0 bridgehead atoms. The van der Waals surface area contributed by atoms with Crippen LogP contribution in [0.1, 0.15) is 5.56 Å². The zero-order chi connectivity index (χ0) is 16.9. The third-order valence-electron chi connectivity index (χ3n) is 3.75. The van der Waals surface area contributed by atoms with Crippen LogP contribution < -0.4 is 16.2 Å². The van der Waals surface area contributed by atoms with Crippen molar-refractivity contribution in [3.63, 3.8) is 0 Å². The van der Waals surface area contributed by atoms with Crippen LogP contribution in [0.4, 0.5) is 4.79 Å². The molecule has 1 aromatic heterocycles. The number of imide groups is 2. The van der Waals surface area contributed by atoms with Gasteiger partial charge in [0, 0.05) is 12.4 Å². The number of aromatic hydroxyl groups is 1. The van der Waals surface area contributed by atoms with Gasteiger partial charge in [0.2, 0.25) is 0 Å². The van der Waals surface area contributed by atoms with E-state index in [-0.39, 0.29) is 5.39 Å². The van der Waals surface area contributed by atoms with Crippen molar-refractivity contribution in [2.75, 3.05) is 0 Å². The summed E-state index contributed by atoms with van der Waals surface area (Å²) in [6.45, 7) is 0. The van der Waals surface area contributed by atoms with Crippen LogP contribution in [0.15, 0.2) is 29.1 Å². The maximum atomic E-state index is 12.5. The predicted molar refractivity (Wildman–Crippen MR) is 76.4 cm³/mol. The average molecular weight is 317 g/mol. The Labute approximate surface area is 128 Å². The topological polar surface area (TPSA) is 138 Å². The highest BCUT2D eigenvalue weighted by molar-refractivity contribution is 6.22. The lowest BCUT2D eigenvalue weighted by Crippen LogP contribution is -2.66. The molecule has 0 spiro atoms. The number of urea groups is 1. The van der Waals surface area contributed by atoms with E-state index < -0.39 is 40.3 Å². The summed E-state index contributed by atoms with van der Waals surface area (Å²) < 4.78 is 1.08. The third kappa shape index (κ3) is 1.83. The summed E-state index contributed by atoms with van der Waals surface area (Å²) in [7, 11) is 1.36. The lowest BCUT2D eigenvalue weighted by atomic mass is 9.89. The molecule has 0 unspecified atom stereocenters. The summed E-state index contributed by atoms with van der Waals surface area (Å²) >= 11 is 0. The molecule has 0 radical (unpaired) electrons. The number of carbonyl (C=O) groups is 3. The standard InChI is InChI=1S/C14H11N3O6/c1-17-7-5-3-2-4-6(7)9(18)8(10(17)19)14(23)11(20)15-13(22)16-12(14)21/h2-5,18,23H,1H3,(H2,15,16,20,21,22). The van der Waals surface area contributed by atoms with Gasteiger partial charge in [-0.25, -0.2) is 4.79 Å². The Morgan fingerprint density at radius 3 is 2.22 bits per heavy atom. The summed E-state index contributed by atoms with van der Waals surface area (Å²) in [5, 5.41) is 24.4. The number of fused-ring (bicyclic) bond motifs is 1. The van der Waals surface area contributed by atoms with Crippen LogP contribution in [0.5, 0.6) is 5.75 Å². The molecule has 9 nitrogen and oxygen atoms in total. The van der Waals surface area contributed by atoms with Crippen molar-refractivity contribution in [1.29, 1.82) is 0 Å². The van der Waals surface area contributed by atoms with Crippen LogP contribution in [-0.2, 0) is 22.2 Å². The highest BCUT2D eigenvalue weighted by Gasteiger charge is 2.54. The number of amides is 4. The van der Waals surface area contributed by atoms with Gasteiger partial charge in [-0.15, -0.1) is 0 Å². The van der Waals surface area contributed by atoms with E-state index in [1.807, 2.05) is 0 Å². The van der Waals surface area contributed by atoms with Crippen LogP contribution in [0.25, 0.3) is 10.9 Å². The fourth-order valence-electron chi connectivity index (χ4n) is 2.55. The van der Waals surface area contributed by atoms with Crippen molar-refractivity contribution in [3.8, 4) is 5.75 Å². The Kier molecular flexibility index (Phi) is 2.98. The first-order chi connectivity index (χ1) is 10.8. The Morgan fingerprint density at radius 2 is 1.61 bits per heavy atom. The fourth-order valence-corrected chi connectivity index (χ4v) is 2.55. The molecule has 1 aliphatic rings. The van der Waals surface area contributed by atoms with Crippen molar-refractivity contribution in [1.82, 2.24) is 15.2 Å². The van der Waals surface area contributed by atoms with E-state index in [9.17, 15) is 29.4 Å². The van der Waals surface area contributed by atoms with E-state index in [1.54, 1.807) is 28.8 Å². The van der Waals surface area contributed by atoms with Gasteiger partial charge in [0.15, 0.2) is 0 Å². The summed E-state index contributed by atoms with van der Waals surface area (Å²) in [6.07, 6.45) is 0. The number of pyridine rings is 1. The van der Waals surface area contributed by atoms with Gasteiger partial charge in [-0.1, -0.05) is 12.1 Å². The van der Waals surface area contributed by atoms with Crippen LogP contribution in [0.3, 0.4) is 0 Å². The molecule has 23 heavy (non-hydrogen) atoms. The van der Waals surface area contributed by atoms with E-state index >= 15 is 0 Å². The lowest BCUT2D eigenvalue weighted by Gasteiger charge is -2.29. The zero-order valence-corrected chi connectivity index (χ0v) is 11.8. The number of nitrogens with zero attached hydrogens (tertiary/aromatic N) is 1. The van der Waals surface area contributed by atoms with Gasteiger partial charge < -0.3 is 14.8 Å². The lowest BCUT2D eigenvalue weighted by molar-refractivity contribution is -0.156. The number of aliphatic hydroxyl groups is 1. The van der Waals surface area contributed by atoms with Crippen molar-refractivity contribution < 1.29 is 24.6 Å². The first kappa shape index (κ1) is 14.7. The number of aryl methyl sites for hydroxylation is 1. The van der Waals surface area contributed by atoms with Gasteiger partial charge in [0.25, 0.3) is 23.0 Å². The molecule has 1 aliphatic heterocycles. The minimum atomic E-state index is -3.02. The summed E-state index contributed by atoms with van der Waals surface area (Å²) in [5.41, 5.74) is -4.43. The van der Waals surface area contributed by atoms with Gasteiger partial charge in [-0.3, -0.25) is 25.0 Å². The SMILES string of the molecule is Cn1c(=O)c(C2(O)C(=O)NC(=O)NC2=O)c(O)c2ccccc21. The third-order valence-corrected chi connectivity index (χ3v) is 3.75. The smallest absolute Gasteiger partial charge is 0.328 e. The number of barbiturate groups is 1. The van der Waals surface area contributed by atoms with Crippen molar-refractivity contribution in [2.24, 2.45) is 7.05 Å². The molecule has 4 amide bonds. The number of nitrogens with one attached hydrogen (secondary N) is 2. The van der Waals surface area contributed by atoms with E-state index in [0.717, 1.165) is 4.57 Å². The Morgan fingerprint density at radius 1 is 1.04 bits per heavy atom.